The molecule has 0 aliphatic carbocycles. The van der Waals surface area contributed by atoms with Crippen molar-refractivity contribution < 1.29 is 4.74 Å². The number of halogens is 1. The van der Waals surface area contributed by atoms with Crippen molar-refractivity contribution in [2.24, 2.45) is 4.99 Å². The first-order valence-corrected chi connectivity index (χ1v) is 9.15. The minimum atomic E-state index is 0.474. The molecular formula is C24H18ClNO. The Labute approximate surface area is 163 Å². The largest absolute Gasteiger partial charge is 0.488 e. The van der Waals surface area contributed by atoms with Gasteiger partial charge in [0.05, 0.1) is 5.69 Å². The molecule has 0 atom stereocenters. The van der Waals surface area contributed by atoms with Crippen LogP contribution in [0.2, 0.25) is 5.02 Å². The van der Waals surface area contributed by atoms with Crippen LogP contribution in [0.3, 0.4) is 0 Å². The predicted molar refractivity (Wildman–Crippen MR) is 113 cm³/mol. The van der Waals surface area contributed by atoms with Crippen LogP contribution in [0.15, 0.2) is 96.0 Å². The molecule has 0 fully saturated rings. The Hall–Kier alpha value is -3.10. The first-order chi connectivity index (χ1) is 13.3. The lowest BCUT2D eigenvalue weighted by Crippen LogP contribution is -1.99. The van der Waals surface area contributed by atoms with E-state index in [4.69, 9.17) is 16.3 Å². The van der Waals surface area contributed by atoms with Crippen LogP contribution < -0.4 is 4.74 Å². The highest BCUT2D eigenvalue weighted by Crippen LogP contribution is 2.28. The van der Waals surface area contributed by atoms with Gasteiger partial charge in [0.2, 0.25) is 0 Å². The van der Waals surface area contributed by atoms with Crippen LogP contribution in [0.5, 0.6) is 5.75 Å². The summed E-state index contributed by atoms with van der Waals surface area (Å²) in [7, 11) is 0. The van der Waals surface area contributed by atoms with Gasteiger partial charge in [-0.3, -0.25) is 4.99 Å². The Morgan fingerprint density at radius 3 is 2.33 bits per heavy atom. The summed E-state index contributed by atoms with van der Waals surface area (Å²) in [6.45, 7) is 0.474. The lowest BCUT2D eigenvalue weighted by Gasteiger charge is -2.12. The van der Waals surface area contributed by atoms with E-state index in [-0.39, 0.29) is 0 Å². The van der Waals surface area contributed by atoms with Gasteiger partial charge in [0.15, 0.2) is 0 Å². The molecule has 0 heterocycles. The van der Waals surface area contributed by atoms with E-state index in [2.05, 4.69) is 23.2 Å². The summed E-state index contributed by atoms with van der Waals surface area (Å²) in [6.07, 6.45) is 1.88. The van der Waals surface area contributed by atoms with Crippen LogP contribution >= 0.6 is 11.6 Å². The van der Waals surface area contributed by atoms with Crippen molar-refractivity contribution in [1.82, 2.24) is 0 Å². The van der Waals surface area contributed by atoms with Crippen molar-refractivity contribution in [2.45, 2.75) is 6.61 Å². The summed E-state index contributed by atoms with van der Waals surface area (Å²) < 4.78 is 6.13. The van der Waals surface area contributed by atoms with Crippen LogP contribution in [0.25, 0.3) is 10.8 Å². The minimum absolute atomic E-state index is 0.474. The number of hydrogen-bond donors (Lipinski definition) is 0. The fourth-order valence-corrected chi connectivity index (χ4v) is 3.06. The molecule has 0 aliphatic rings. The quantitative estimate of drug-likeness (QED) is 0.352. The third kappa shape index (κ3) is 4.18. The molecule has 0 spiro atoms. The van der Waals surface area contributed by atoms with E-state index in [1.807, 2.05) is 79.0 Å². The number of hydrogen-bond acceptors (Lipinski definition) is 2. The number of fused-ring (bicyclic) bond motifs is 1. The Morgan fingerprint density at radius 2 is 1.52 bits per heavy atom. The third-order valence-corrected chi connectivity index (χ3v) is 4.59. The van der Waals surface area contributed by atoms with Crippen LogP contribution in [-0.4, -0.2) is 6.21 Å². The van der Waals surface area contributed by atoms with Gasteiger partial charge in [0.1, 0.15) is 12.4 Å². The summed E-state index contributed by atoms with van der Waals surface area (Å²) >= 11 is 5.96. The van der Waals surface area contributed by atoms with Crippen molar-refractivity contribution in [2.75, 3.05) is 0 Å². The second-order valence-corrected chi connectivity index (χ2v) is 6.64. The van der Waals surface area contributed by atoms with Gasteiger partial charge in [-0.05, 0) is 46.7 Å². The second kappa shape index (κ2) is 8.07. The zero-order valence-corrected chi connectivity index (χ0v) is 15.4. The van der Waals surface area contributed by atoms with Gasteiger partial charge in [-0.15, -0.1) is 0 Å². The first-order valence-electron chi connectivity index (χ1n) is 8.78. The molecular weight excluding hydrogens is 354 g/mol. The normalized spacial score (nSPS) is 11.1. The summed E-state index contributed by atoms with van der Waals surface area (Å²) in [6, 6.07) is 29.9. The average molecular weight is 372 g/mol. The number of para-hydroxylation sites is 1. The molecule has 4 aromatic carbocycles. The highest BCUT2D eigenvalue weighted by Gasteiger charge is 2.08. The molecule has 132 valence electrons. The maximum atomic E-state index is 6.13. The lowest BCUT2D eigenvalue weighted by molar-refractivity contribution is 0.306. The van der Waals surface area contributed by atoms with Crippen LogP contribution in [-0.2, 0) is 6.61 Å². The smallest absolute Gasteiger partial charge is 0.129 e. The van der Waals surface area contributed by atoms with Gasteiger partial charge in [0.25, 0.3) is 0 Å². The molecule has 2 nitrogen and oxygen atoms in total. The van der Waals surface area contributed by atoms with E-state index in [1.54, 1.807) is 0 Å². The molecule has 4 aromatic rings. The summed E-state index contributed by atoms with van der Waals surface area (Å²) in [5.74, 6) is 0.809. The standard InChI is InChI=1S/C24H18ClNO/c25-20-13-10-18(11-14-20)17-27-24-15-12-19-6-4-5-9-22(19)23(24)16-26-21-7-2-1-3-8-21/h1-16H,17H2. The molecule has 27 heavy (non-hydrogen) atoms. The van der Waals surface area contributed by atoms with Crippen LogP contribution in [0.4, 0.5) is 5.69 Å². The van der Waals surface area contributed by atoms with Gasteiger partial charge in [-0.25, -0.2) is 0 Å². The Balaban J connectivity index is 1.68. The predicted octanol–water partition coefficient (Wildman–Crippen LogP) is 6.82. The topological polar surface area (TPSA) is 21.6 Å². The van der Waals surface area contributed by atoms with E-state index in [9.17, 15) is 0 Å². The monoisotopic (exact) mass is 371 g/mol. The molecule has 0 aromatic heterocycles. The molecule has 0 unspecified atom stereocenters. The van der Waals surface area contributed by atoms with Crippen molar-refractivity contribution >= 4 is 34.3 Å². The summed E-state index contributed by atoms with van der Waals surface area (Å²) in [5, 5.41) is 3.00. The fraction of sp³-hybridized carbons (Fsp3) is 0.0417. The zero-order chi connectivity index (χ0) is 18.5. The zero-order valence-electron chi connectivity index (χ0n) is 14.7. The highest BCUT2D eigenvalue weighted by atomic mass is 35.5. The molecule has 0 amide bonds. The van der Waals surface area contributed by atoms with E-state index >= 15 is 0 Å². The van der Waals surface area contributed by atoms with Gasteiger partial charge in [-0.1, -0.05) is 72.3 Å². The SMILES string of the molecule is Clc1ccc(COc2ccc3ccccc3c2C=Nc2ccccc2)cc1. The first kappa shape index (κ1) is 17.3. The van der Waals surface area contributed by atoms with Crippen LogP contribution in [0, 0.1) is 0 Å². The molecule has 0 N–H and O–H groups in total. The van der Waals surface area contributed by atoms with Gasteiger partial charge in [0, 0.05) is 16.8 Å². The van der Waals surface area contributed by atoms with E-state index < -0.39 is 0 Å². The average Bonchev–Trinajstić information content (AvgIpc) is 2.73. The van der Waals surface area contributed by atoms with Gasteiger partial charge >= 0.3 is 0 Å². The third-order valence-electron chi connectivity index (χ3n) is 4.34. The molecule has 0 aliphatic heterocycles. The molecule has 0 saturated carbocycles. The molecule has 0 bridgehead atoms. The summed E-state index contributed by atoms with van der Waals surface area (Å²) in [4.78, 5) is 4.63. The van der Waals surface area contributed by atoms with Crippen molar-refractivity contribution in [1.29, 1.82) is 0 Å². The number of ether oxygens (including phenoxy) is 1. The summed E-state index contributed by atoms with van der Waals surface area (Å²) in [5.41, 5.74) is 2.96. The number of aliphatic imine (C=N–C) groups is 1. The molecule has 3 heteroatoms. The van der Waals surface area contributed by atoms with E-state index in [1.165, 1.54) is 0 Å². The minimum Gasteiger partial charge on any atom is -0.488 e. The Morgan fingerprint density at radius 1 is 0.778 bits per heavy atom. The van der Waals surface area contributed by atoms with E-state index in [0.29, 0.717) is 6.61 Å². The van der Waals surface area contributed by atoms with E-state index in [0.717, 1.165) is 38.4 Å². The number of nitrogens with zero attached hydrogens (tertiary/aromatic N) is 1. The lowest BCUT2D eigenvalue weighted by atomic mass is 10.0. The second-order valence-electron chi connectivity index (χ2n) is 6.21. The number of benzene rings is 4. The van der Waals surface area contributed by atoms with Crippen molar-refractivity contribution in [3.8, 4) is 5.75 Å². The fourth-order valence-electron chi connectivity index (χ4n) is 2.93. The van der Waals surface area contributed by atoms with Crippen molar-refractivity contribution in [3.63, 3.8) is 0 Å². The maximum Gasteiger partial charge on any atom is 0.129 e. The maximum absolute atomic E-state index is 6.13. The highest BCUT2D eigenvalue weighted by molar-refractivity contribution is 6.30. The molecule has 0 saturated heterocycles. The van der Waals surface area contributed by atoms with Crippen molar-refractivity contribution in [3.05, 3.63) is 107 Å². The van der Waals surface area contributed by atoms with Crippen LogP contribution in [0.1, 0.15) is 11.1 Å². The molecule has 0 radical (unpaired) electrons. The number of rotatable bonds is 5. The van der Waals surface area contributed by atoms with Gasteiger partial charge < -0.3 is 4.74 Å². The van der Waals surface area contributed by atoms with Gasteiger partial charge in [-0.2, -0.15) is 0 Å². The Bertz CT molecular complexity index is 1070. The Kier molecular flexibility index (Phi) is 5.17. The molecule has 4 rings (SSSR count).